The van der Waals surface area contributed by atoms with Crippen LogP contribution >= 0.6 is 11.3 Å². The van der Waals surface area contributed by atoms with Crippen LogP contribution in [0.25, 0.3) is 10.6 Å². The van der Waals surface area contributed by atoms with Crippen LogP contribution in [0, 0.1) is 11.7 Å². The van der Waals surface area contributed by atoms with Gasteiger partial charge in [-0.1, -0.05) is 0 Å². The van der Waals surface area contributed by atoms with Crippen molar-refractivity contribution in [2.75, 3.05) is 0 Å². The van der Waals surface area contributed by atoms with E-state index in [9.17, 15) is 17.6 Å². The Labute approximate surface area is 148 Å². The largest absolute Gasteiger partial charge is 0.481 e. The molecule has 0 saturated heterocycles. The van der Waals surface area contributed by atoms with Crippen LogP contribution in [-0.2, 0) is 14.8 Å². The molecule has 2 aromatic rings. The number of thiazole rings is 1. The Morgan fingerprint density at radius 1 is 1.20 bits per heavy atom. The zero-order valence-corrected chi connectivity index (χ0v) is 14.8. The van der Waals surface area contributed by atoms with Gasteiger partial charge in [0.25, 0.3) is 10.0 Å². The summed E-state index contributed by atoms with van der Waals surface area (Å²) in [5, 5.41) is 10.9. The van der Waals surface area contributed by atoms with Crippen molar-refractivity contribution in [3.63, 3.8) is 0 Å². The molecular weight excluding hydrogens is 367 g/mol. The first kappa shape index (κ1) is 18.0. The Bertz CT molecular complexity index is 857. The molecule has 1 aliphatic carbocycles. The third kappa shape index (κ3) is 4.23. The lowest BCUT2D eigenvalue weighted by Gasteiger charge is -2.26. The minimum atomic E-state index is -3.77. The van der Waals surface area contributed by atoms with E-state index in [2.05, 4.69) is 9.71 Å². The van der Waals surface area contributed by atoms with Crippen molar-refractivity contribution in [1.82, 2.24) is 9.71 Å². The summed E-state index contributed by atoms with van der Waals surface area (Å²) < 4.78 is 40.5. The summed E-state index contributed by atoms with van der Waals surface area (Å²) in [6, 6.07) is 5.40. The van der Waals surface area contributed by atoms with Crippen LogP contribution in [0.3, 0.4) is 0 Å². The molecule has 1 fully saturated rings. The van der Waals surface area contributed by atoms with Crippen molar-refractivity contribution in [3.05, 3.63) is 35.5 Å². The summed E-state index contributed by atoms with van der Waals surface area (Å²) in [7, 11) is -3.77. The van der Waals surface area contributed by atoms with Gasteiger partial charge in [0, 0.05) is 17.0 Å². The molecule has 0 atom stereocenters. The summed E-state index contributed by atoms with van der Waals surface area (Å²) in [4.78, 5) is 15.1. The summed E-state index contributed by atoms with van der Waals surface area (Å²) in [5.74, 6) is -1.60. The lowest BCUT2D eigenvalue weighted by atomic mass is 9.87. The standard InChI is InChI=1S/C16H17FN2O4S2/c17-12-5-1-10(2-6-12)15-18-14(9-24-15)25(22,23)19-13-7-3-11(4-8-13)16(20)21/h1-2,5-6,9,11,13,19H,3-4,7-8H2,(H,20,21). The SMILES string of the molecule is O=C(O)C1CCC(NS(=O)(=O)c2csc(-c3ccc(F)cc3)n2)CC1. The first-order chi connectivity index (χ1) is 11.8. The molecule has 1 saturated carbocycles. The van der Waals surface area contributed by atoms with Crippen molar-refractivity contribution >= 4 is 27.3 Å². The van der Waals surface area contributed by atoms with Crippen molar-refractivity contribution in [2.45, 2.75) is 36.8 Å². The van der Waals surface area contributed by atoms with E-state index >= 15 is 0 Å². The second kappa shape index (κ2) is 7.19. The van der Waals surface area contributed by atoms with E-state index in [1.807, 2.05) is 0 Å². The summed E-state index contributed by atoms with van der Waals surface area (Å²) in [6.45, 7) is 0. The van der Waals surface area contributed by atoms with Gasteiger partial charge in [-0.2, -0.15) is 0 Å². The number of sulfonamides is 1. The van der Waals surface area contributed by atoms with Gasteiger partial charge in [-0.05, 0) is 49.9 Å². The molecule has 0 amide bonds. The van der Waals surface area contributed by atoms with Crippen molar-refractivity contribution < 1.29 is 22.7 Å². The number of benzene rings is 1. The predicted octanol–water partition coefficient (Wildman–Crippen LogP) is 2.87. The van der Waals surface area contributed by atoms with Gasteiger partial charge in [0.1, 0.15) is 10.8 Å². The first-order valence-electron chi connectivity index (χ1n) is 7.82. The lowest BCUT2D eigenvalue weighted by Crippen LogP contribution is -2.38. The Balaban J connectivity index is 1.69. The van der Waals surface area contributed by atoms with E-state index in [0.717, 1.165) is 0 Å². The minimum absolute atomic E-state index is 0.0721. The minimum Gasteiger partial charge on any atom is -0.481 e. The molecular formula is C16H17FN2O4S2. The smallest absolute Gasteiger partial charge is 0.306 e. The quantitative estimate of drug-likeness (QED) is 0.826. The van der Waals surface area contributed by atoms with E-state index in [0.29, 0.717) is 36.3 Å². The number of hydrogen-bond acceptors (Lipinski definition) is 5. The third-order valence-electron chi connectivity index (χ3n) is 4.25. The van der Waals surface area contributed by atoms with E-state index in [1.165, 1.54) is 28.8 Å². The highest BCUT2D eigenvalue weighted by molar-refractivity contribution is 7.89. The number of nitrogens with zero attached hydrogens (tertiary/aromatic N) is 1. The Kier molecular flexibility index (Phi) is 5.16. The van der Waals surface area contributed by atoms with Crippen LogP contribution in [0.1, 0.15) is 25.7 Å². The molecule has 0 aliphatic heterocycles. The summed E-state index contributed by atoms with van der Waals surface area (Å²) in [5.41, 5.74) is 0.648. The monoisotopic (exact) mass is 384 g/mol. The van der Waals surface area contributed by atoms with E-state index in [1.54, 1.807) is 12.1 Å². The highest BCUT2D eigenvalue weighted by Gasteiger charge is 2.29. The molecule has 0 bridgehead atoms. The number of aliphatic carboxylic acids is 1. The first-order valence-corrected chi connectivity index (χ1v) is 10.2. The maximum atomic E-state index is 13.0. The number of rotatable bonds is 5. The highest BCUT2D eigenvalue weighted by Crippen LogP contribution is 2.28. The fraction of sp³-hybridized carbons (Fsp3) is 0.375. The molecule has 0 unspecified atom stereocenters. The van der Waals surface area contributed by atoms with Crippen LogP contribution in [0.4, 0.5) is 4.39 Å². The molecule has 1 aliphatic rings. The summed E-state index contributed by atoms with van der Waals surface area (Å²) in [6.07, 6.45) is 1.90. The molecule has 1 aromatic heterocycles. The average Bonchev–Trinajstić information content (AvgIpc) is 3.06. The number of halogens is 1. The van der Waals surface area contributed by atoms with E-state index in [-0.39, 0.29) is 16.9 Å². The van der Waals surface area contributed by atoms with Gasteiger partial charge in [0.15, 0.2) is 5.03 Å². The fourth-order valence-electron chi connectivity index (χ4n) is 2.85. The molecule has 6 nitrogen and oxygen atoms in total. The number of aromatic nitrogens is 1. The molecule has 25 heavy (non-hydrogen) atoms. The van der Waals surface area contributed by atoms with E-state index in [4.69, 9.17) is 5.11 Å². The average molecular weight is 384 g/mol. The van der Waals surface area contributed by atoms with Gasteiger partial charge < -0.3 is 5.11 Å². The third-order valence-corrected chi connectivity index (χ3v) is 6.69. The predicted molar refractivity (Wildman–Crippen MR) is 91.2 cm³/mol. The lowest BCUT2D eigenvalue weighted by molar-refractivity contribution is -0.142. The van der Waals surface area contributed by atoms with Crippen LogP contribution in [0.5, 0.6) is 0 Å². The number of carboxylic acids is 1. The zero-order valence-electron chi connectivity index (χ0n) is 13.2. The molecule has 2 N–H and O–H groups in total. The molecule has 0 radical (unpaired) electrons. The van der Waals surface area contributed by atoms with Gasteiger partial charge in [0.2, 0.25) is 0 Å². The Hall–Kier alpha value is -1.84. The number of carboxylic acid groups (broad SMARTS) is 1. The molecule has 3 rings (SSSR count). The van der Waals surface area contributed by atoms with Crippen LogP contribution < -0.4 is 4.72 Å². The second-order valence-corrected chi connectivity index (χ2v) is 8.52. The number of hydrogen-bond donors (Lipinski definition) is 2. The van der Waals surface area contributed by atoms with Crippen LogP contribution in [-0.4, -0.2) is 30.5 Å². The fourth-order valence-corrected chi connectivity index (χ4v) is 5.25. The molecule has 0 spiro atoms. The number of nitrogens with one attached hydrogen (secondary N) is 1. The second-order valence-electron chi connectivity index (χ2n) is 6.01. The maximum absolute atomic E-state index is 13.0. The van der Waals surface area contributed by atoms with E-state index < -0.39 is 21.9 Å². The number of carbonyl (C=O) groups is 1. The normalized spacial score (nSPS) is 21.2. The topological polar surface area (TPSA) is 96.4 Å². The summed E-state index contributed by atoms with van der Waals surface area (Å²) >= 11 is 1.17. The van der Waals surface area contributed by atoms with Gasteiger partial charge in [-0.25, -0.2) is 22.5 Å². The Morgan fingerprint density at radius 3 is 2.44 bits per heavy atom. The molecule has 134 valence electrons. The van der Waals surface area contributed by atoms with Gasteiger partial charge in [-0.15, -0.1) is 11.3 Å². The Morgan fingerprint density at radius 2 is 1.84 bits per heavy atom. The van der Waals surface area contributed by atoms with Gasteiger partial charge >= 0.3 is 5.97 Å². The van der Waals surface area contributed by atoms with Gasteiger partial charge in [0.05, 0.1) is 5.92 Å². The maximum Gasteiger partial charge on any atom is 0.306 e. The van der Waals surface area contributed by atoms with Crippen molar-refractivity contribution in [3.8, 4) is 10.6 Å². The highest BCUT2D eigenvalue weighted by atomic mass is 32.2. The van der Waals surface area contributed by atoms with Gasteiger partial charge in [-0.3, -0.25) is 4.79 Å². The zero-order chi connectivity index (χ0) is 18.0. The van der Waals surface area contributed by atoms with Crippen molar-refractivity contribution in [1.29, 1.82) is 0 Å². The molecule has 1 aromatic carbocycles. The molecule has 1 heterocycles. The van der Waals surface area contributed by atoms with Crippen molar-refractivity contribution in [2.24, 2.45) is 5.92 Å². The molecule has 9 heteroatoms. The van der Waals surface area contributed by atoms with Crippen LogP contribution in [0.15, 0.2) is 34.7 Å². The van der Waals surface area contributed by atoms with Crippen LogP contribution in [0.2, 0.25) is 0 Å².